The van der Waals surface area contributed by atoms with E-state index in [4.69, 9.17) is 9.47 Å². The molecule has 3 heterocycles. The van der Waals surface area contributed by atoms with E-state index < -0.39 is 0 Å². The monoisotopic (exact) mass is 326 g/mol. The van der Waals surface area contributed by atoms with Gasteiger partial charge in [0.1, 0.15) is 6.04 Å². The second-order valence-electron chi connectivity index (χ2n) is 5.53. The second-order valence-corrected chi connectivity index (χ2v) is 6.39. The minimum absolute atomic E-state index is 0.0838. The Hall–Kier alpha value is -1.06. The fourth-order valence-electron chi connectivity index (χ4n) is 2.64. The van der Waals surface area contributed by atoms with Gasteiger partial charge in [-0.25, -0.2) is 4.98 Å². The van der Waals surface area contributed by atoms with Crippen LogP contribution in [0.1, 0.15) is 12.6 Å². The molecular formula is C14H22N4O3S. The Labute approximate surface area is 134 Å². The normalized spacial score (nSPS) is 26.8. The third-order valence-corrected chi connectivity index (χ3v) is 4.68. The van der Waals surface area contributed by atoms with Gasteiger partial charge >= 0.3 is 0 Å². The Morgan fingerprint density at radius 3 is 3.09 bits per heavy atom. The minimum atomic E-state index is -0.319. The van der Waals surface area contributed by atoms with Crippen molar-refractivity contribution in [1.29, 1.82) is 0 Å². The minimum Gasteiger partial charge on any atom is -0.379 e. The molecule has 22 heavy (non-hydrogen) atoms. The first-order valence-electron chi connectivity index (χ1n) is 7.63. The summed E-state index contributed by atoms with van der Waals surface area (Å²) in [7, 11) is 0. The molecule has 1 amide bonds. The number of rotatable bonds is 4. The lowest BCUT2D eigenvalue weighted by atomic mass is 10.1. The van der Waals surface area contributed by atoms with Crippen molar-refractivity contribution in [3.63, 3.8) is 0 Å². The predicted octanol–water partition coefficient (Wildman–Crippen LogP) is 0.291. The predicted molar refractivity (Wildman–Crippen MR) is 84.0 cm³/mol. The van der Waals surface area contributed by atoms with Crippen LogP contribution in [0.2, 0.25) is 0 Å². The van der Waals surface area contributed by atoms with Gasteiger partial charge in [0.25, 0.3) is 0 Å². The maximum Gasteiger partial charge on any atom is 0.245 e. The number of carbonyl (C=O) groups is 1. The first kappa shape index (κ1) is 15.8. The molecule has 1 aromatic rings. The summed E-state index contributed by atoms with van der Waals surface area (Å²) in [6, 6.07) is -0.319. The summed E-state index contributed by atoms with van der Waals surface area (Å²) in [5, 5.41) is 8.71. The number of carbonyl (C=O) groups excluding carboxylic acids is 1. The fraction of sp³-hybridized carbons (Fsp3) is 0.714. The van der Waals surface area contributed by atoms with E-state index in [9.17, 15) is 4.79 Å². The van der Waals surface area contributed by atoms with E-state index in [0.717, 1.165) is 38.5 Å². The summed E-state index contributed by atoms with van der Waals surface area (Å²) in [6.07, 6.45) is -0.124. The lowest BCUT2D eigenvalue weighted by Crippen LogP contribution is -2.53. The zero-order chi connectivity index (χ0) is 15.4. The van der Waals surface area contributed by atoms with E-state index in [1.165, 1.54) is 11.3 Å². The molecule has 0 saturated carbocycles. The zero-order valence-corrected chi connectivity index (χ0v) is 13.5. The number of anilines is 1. The SMILES string of the molecule is C[C@H]1OCCN[C@@H]1C(=O)Nc1nc(CN2CCOCC2)cs1. The average Bonchev–Trinajstić information content (AvgIpc) is 2.95. The fourth-order valence-corrected chi connectivity index (χ4v) is 3.34. The molecule has 2 aliphatic heterocycles. The van der Waals surface area contributed by atoms with Crippen LogP contribution in [-0.4, -0.2) is 67.4 Å². The Bertz CT molecular complexity index is 504. The number of morpholine rings is 2. The molecule has 0 aromatic carbocycles. The molecule has 3 rings (SSSR count). The number of aromatic nitrogens is 1. The second kappa shape index (κ2) is 7.47. The summed E-state index contributed by atoms with van der Waals surface area (Å²) < 4.78 is 10.8. The third-order valence-electron chi connectivity index (χ3n) is 3.87. The molecule has 0 spiro atoms. The highest BCUT2D eigenvalue weighted by molar-refractivity contribution is 7.13. The summed E-state index contributed by atoms with van der Waals surface area (Å²) >= 11 is 1.46. The van der Waals surface area contributed by atoms with Crippen molar-refractivity contribution in [3.05, 3.63) is 11.1 Å². The van der Waals surface area contributed by atoms with Gasteiger partial charge < -0.3 is 20.1 Å². The molecular weight excluding hydrogens is 304 g/mol. The molecule has 2 aliphatic rings. The highest BCUT2D eigenvalue weighted by Crippen LogP contribution is 2.18. The highest BCUT2D eigenvalue weighted by Gasteiger charge is 2.28. The quantitative estimate of drug-likeness (QED) is 0.828. The van der Waals surface area contributed by atoms with Gasteiger partial charge in [-0.1, -0.05) is 0 Å². The van der Waals surface area contributed by atoms with Crippen LogP contribution in [0.3, 0.4) is 0 Å². The van der Waals surface area contributed by atoms with Crippen molar-refractivity contribution in [2.75, 3.05) is 44.8 Å². The van der Waals surface area contributed by atoms with Gasteiger partial charge in [-0.15, -0.1) is 11.3 Å². The van der Waals surface area contributed by atoms with Crippen molar-refractivity contribution in [2.24, 2.45) is 0 Å². The number of thiazole rings is 1. The average molecular weight is 326 g/mol. The largest absolute Gasteiger partial charge is 0.379 e. The zero-order valence-electron chi connectivity index (χ0n) is 12.7. The number of nitrogens with zero attached hydrogens (tertiary/aromatic N) is 2. The molecule has 2 atom stereocenters. The van der Waals surface area contributed by atoms with Gasteiger partial charge in [-0.3, -0.25) is 9.69 Å². The summed E-state index contributed by atoms with van der Waals surface area (Å²) in [5.41, 5.74) is 0.989. The molecule has 8 heteroatoms. The molecule has 122 valence electrons. The van der Waals surface area contributed by atoms with Crippen LogP contribution < -0.4 is 10.6 Å². The maximum absolute atomic E-state index is 12.3. The summed E-state index contributed by atoms with van der Waals surface area (Å²) in [5.74, 6) is -0.0838. The van der Waals surface area contributed by atoms with Gasteiger partial charge in [0, 0.05) is 31.6 Å². The molecule has 2 saturated heterocycles. The molecule has 7 nitrogen and oxygen atoms in total. The topological polar surface area (TPSA) is 75.7 Å². The highest BCUT2D eigenvalue weighted by atomic mass is 32.1. The number of hydrogen-bond acceptors (Lipinski definition) is 7. The van der Waals surface area contributed by atoms with Gasteiger partial charge in [-0.05, 0) is 6.92 Å². The standard InChI is InChI=1S/C14H22N4O3S/c1-10-12(15-2-5-21-10)13(19)17-14-16-11(9-22-14)8-18-3-6-20-7-4-18/h9-10,12,15H,2-8H2,1H3,(H,16,17,19)/t10-,12+/m1/s1. The lowest BCUT2D eigenvalue weighted by Gasteiger charge is -2.28. The molecule has 2 fully saturated rings. The van der Waals surface area contributed by atoms with Crippen LogP contribution in [0.4, 0.5) is 5.13 Å². The van der Waals surface area contributed by atoms with Crippen LogP contribution >= 0.6 is 11.3 Å². The Balaban J connectivity index is 1.53. The van der Waals surface area contributed by atoms with Crippen molar-refractivity contribution in [3.8, 4) is 0 Å². The van der Waals surface area contributed by atoms with E-state index in [1.807, 2.05) is 12.3 Å². The lowest BCUT2D eigenvalue weighted by molar-refractivity contribution is -0.123. The van der Waals surface area contributed by atoms with Crippen LogP contribution in [0.25, 0.3) is 0 Å². The molecule has 0 radical (unpaired) electrons. The summed E-state index contributed by atoms with van der Waals surface area (Å²) in [6.45, 7) is 7.46. The molecule has 0 bridgehead atoms. The number of amides is 1. The van der Waals surface area contributed by atoms with E-state index in [0.29, 0.717) is 18.3 Å². The van der Waals surface area contributed by atoms with Crippen molar-refractivity contribution < 1.29 is 14.3 Å². The Morgan fingerprint density at radius 1 is 1.50 bits per heavy atom. The molecule has 0 unspecified atom stereocenters. The van der Waals surface area contributed by atoms with Gasteiger partial charge in [0.2, 0.25) is 5.91 Å². The van der Waals surface area contributed by atoms with E-state index in [2.05, 4.69) is 20.5 Å². The Morgan fingerprint density at radius 2 is 2.32 bits per heavy atom. The number of hydrogen-bond donors (Lipinski definition) is 2. The van der Waals surface area contributed by atoms with Crippen LogP contribution in [0.5, 0.6) is 0 Å². The van der Waals surface area contributed by atoms with Crippen molar-refractivity contribution in [2.45, 2.75) is 25.6 Å². The smallest absolute Gasteiger partial charge is 0.245 e. The number of ether oxygens (including phenoxy) is 2. The van der Waals surface area contributed by atoms with Crippen molar-refractivity contribution >= 4 is 22.4 Å². The van der Waals surface area contributed by atoms with E-state index in [-0.39, 0.29) is 18.1 Å². The van der Waals surface area contributed by atoms with Crippen LogP contribution in [0, 0.1) is 0 Å². The van der Waals surface area contributed by atoms with Gasteiger partial charge in [-0.2, -0.15) is 0 Å². The molecule has 0 aliphatic carbocycles. The van der Waals surface area contributed by atoms with Gasteiger partial charge in [0.05, 0.1) is 31.6 Å². The Kier molecular flexibility index (Phi) is 5.37. The van der Waals surface area contributed by atoms with E-state index >= 15 is 0 Å². The third kappa shape index (κ3) is 4.02. The van der Waals surface area contributed by atoms with Crippen LogP contribution in [-0.2, 0) is 20.8 Å². The summed E-state index contributed by atoms with van der Waals surface area (Å²) in [4.78, 5) is 19.1. The van der Waals surface area contributed by atoms with E-state index in [1.54, 1.807) is 0 Å². The molecule has 2 N–H and O–H groups in total. The van der Waals surface area contributed by atoms with Crippen molar-refractivity contribution in [1.82, 2.24) is 15.2 Å². The van der Waals surface area contributed by atoms with Gasteiger partial charge in [0.15, 0.2) is 5.13 Å². The first-order chi connectivity index (χ1) is 10.7. The van der Waals surface area contributed by atoms with Crippen LogP contribution in [0.15, 0.2) is 5.38 Å². The first-order valence-corrected chi connectivity index (χ1v) is 8.51. The maximum atomic E-state index is 12.3. The molecule has 1 aromatic heterocycles. The number of nitrogens with one attached hydrogen (secondary N) is 2.